The molecule has 1 aromatic heterocycles. The summed E-state index contributed by atoms with van der Waals surface area (Å²) in [5, 5.41) is 9.50. The maximum atomic E-state index is 15.5. The Bertz CT molecular complexity index is 1140. The summed E-state index contributed by atoms with van der Waals surface area (Å²) in [6.07, 6.45) is 1.95. The fourth-order valence-corrected chi connectivity index (χ4v) is 4.98. The van der Waals surface area contributed by atoms with E-state index in [2.05, 4.69) is 0 Å². The summed E-state index contributed by atoms with van der Waals surface area (Å²) in [6.45, 7) is 5.71. The molecule has 4 rings (SSSR count). The molecule has 0 saturated carbocycles. The molecule has 2 atom stereocenters. The molecule has 3 heterocycles. The number of hydrogen-bond donors (Lipinski definition) is 1. The summed E-state index contributed by atoms with van der Waals surface area (Å²) in [7, 11) is 3.10. The fraction of sp³-hybridized carbons (Fsp3) is 0.500. The largest absolute Gasteiger partial charge is 0.493 e. The lowest BCUT2D eigenvalue weighted by Gasteiger charge is -2.49. The Morgan fingerprint density at radius 2 is 2.03 bits per heavy atom. The Balaban J connectivity index is 1.95. The van der Waals surface area contributed by atoms with Gasteiger partial charge in [-0.2, -0.15) is 0 Å². The van der Waals surface area contributed by atoms with Crippen molar-refractivity contribution in [2.24, 2.45) is 5.41 Å². The summed E-state index contributed by atoms with van der Waals surface area (Å²) >= 11 is 0. The number of aromatic carboxylic acids is 1. The molecule has 0 aliphatic carbocycles. The number of aromatic nitrogens is 1. The van der Waals surface area contributed by atoms with Crippen LogP contribution in [-0.2, 0) is 9.47 Å². The lowest BCUT2D eigenvalue weighted by Crippen LogP contribution is -2.45. The third kappa shape index (κ3) is 3.89. The van der Waals surface area contributed by atoms with E-state index in [0.29, 0.717) is 49.9 Å². The first-order chi connectivity index (χ1) is 15.7. The van der Waals surface area contributed by atoms with Crippen LogP contribution in [0.5, 0.6) is 11.5 Å². The average Bonchev–Trinajstić information content (AvgIpc) is 2.77. The number of halogens is 1. The van der Waals surface area contributed by atoms with Crippen LogP contribution < -0.4 is 14.9 Å². The normalized spacial score (nSPS) is 20.4. The van der Waals surface area contributed by atoms with Gasteiger partial charge >= 0.3 is 5.97 Å². The van der Waals surface area contributed by atoms with Gasteiger partial charge in [-0.3, -0.25) is 4.79 Å². The predicted octanol–water partition coefficient (Wildman–Crippen LogP) is 3.47. The summed E-state index contributed by atoms with van der Waals surface area (Å²) < 4.78 is 39.5. The molecule has 1 N–H and O–H groups in total. The topological polar surface area (TPSA) is 96.2 Å². The lowest BCUT2D eigenvalue weighted by molar-refractivity contribution is -0.0432. The zero-order chi connectivity index (χ0) is 23.9. The van der Waals surface area contributed by atoms with Crippen LogP contribution in [-0.4, -0.2) is 56.3 Å². The summed E-state index contributed by atoms with van der Waals surface area (Å²) in [5.74, 6) is -1.85. The zero-order valence-corrected chi connectivity index (χ0v) is 19.1. The number of carbonyl (C=O) groups is 1. The highest BCUT2D eigenvalue weighted by Gasteiger charge is 2.47. The van der Waals surface area contributed by atoms with E-state index in [1.165, 1.54) is 13.3 Å². The molecule has 1 saturated heterocycles. The molecular formula is C24H28FNO7. The molecule has 178 valence electrons. The number of methoxy groups -OCH3 is 2. The first-order valence-corrected chi connectivity index (χ1v) is 10.8. The van der Waals surface area contributed by atoms with Gasteiger partial charge in [0.05, 0.1) is 38.7 Å². The van der Waals surface area contributed by atoms with Crippen LogP contribution in [0, 0.1) is 11.2 Å². The van der Waals surface area contributed by atoms with Crippen LogP contribution in [0.1, 0.15) is 48.1 Å². The van der Waals surface area contributed by atoms with E-state index in [9.17, 15) is 14.7 Å². The molecule has 2 unspecified atom stereocenters. The van der Waals surface area contributed by atoms with Crippen LogP contribution >= 0.6 is 0 Å². The first kappa shape index (κ1) is 23.3. The Hall–Kier alpha value is -2.91. The maximum absolute atomic E-state index is 15.5. The predicted molar refractivity (Wildman–Crippen MR) is 118 cm³/mol. The summed E-state index contributed by atoms with van der Waals surface area (Å²) in [4.78, 5) is 24.2. The average molecular weight is 461 g/mol. The third-order valence-electron chi connectivity index (χ3n) is 6.40. The van der Waals surface area contributed by atoms with Crippen molar-refractivity contribution in [2.75, 3.05) is 40.6 Å². The minimum absolute atomic E-state index is 0.0560. The van der Waals surface area contributed by atoms with Gasteiger partial charge in [-0.1, -0.05) is 13.8 Å². The van der Waals surface area contributed by atoms with Crippen molar-refractivity contribution >= 4 is 5.97 Å². The minimum Gasteiger partial charge on any atom is -0.493 e. The van der Waals surface area contributed by atoms with Gasteiger partial charge in [0.1, 0.15) is 5.56 Å². The number of benzene rings is 1. The maximum Gasteiger partial charge on any atom is 0.341 e. The van der Waals surface area contributed by atoms with E-state index in [4.69, 9.17) is 18.9 Å². The molecule has 1 fully saturated rings. The van der Waals surface area contributed by atoms with Crippen LogP contribution in [0.15, 0.2) is 23.1 Å². The molecule has 0 radical (unpaired) electrons. The lowest BCUT2D eigenvalue weighted by atomic mass is 9.70. The van der Waals surface area contributed by atoms with Crippen molar-refractivity contribution in [3.8, 4) is 22.8 Å². The smallest absolute Gasteiger partial charge is 0.341 e. The number of ether oxygens (including phenoxy) is 4. The summed E-state index contributed by atoms with van der Waals surface area (Å²) in [5.41, 5.74) is -0.888. The van der Waals surface area contributed by atoms with Crippen LogP contribution in [0.25, 0.3) is 11.3 Å². The van der Waals surface area contributed by atoms with Crippen molar-refractivity contribution in [3.63, 3.8) is 0 Å². The number of fused-ring (bicyclic) bond motifs is 6. The van der Waals surface area contributed by atoms with Gasteiger partial charge in [0, 0.05) is 43.2 Å². The molecule has 9 heteroatoms. The fourth-order valence-electron chi connectivity index (χ4n) is 4.98. The number of carboxylic acid groups (broad SMARTS) is 1. The second kappa shape index (κ2) is 8.79. The molecule has 8 nitrogen and oxygen atoms in total. The monoisotopic (exact) mass is 461 g/mol. The number of rotatable bonds is 7. The molecule has 2 aliphatic rings. The molecule has 0 spiro atoms. The Labute approximate surface area is 190 Å². The van der Waals surface area contributed by atoms with Crippen molar-refractivity contribution < 1.29 is 33.2 Å². The number of pyridine rings is 1. The van der Waals surface area contributed by atoms with E-state index in [0.717, 1.165) is 5.56 Å². The van der Waals surface area contributed by atoms with Crippen LogP contribution in [0.3, 0.4) is 0 Å². The van der Waals surface area contributed by atoms with Gasteiger partial charge < -0.3 is 28.6 Å². The van der Waals surface area contributed by atoms with Gasteiger partial charge in [0.2, 0.25) is 5.43 Å². The second-order valence-corrected chi connectivity index (χ2v) is 9.09. The summed E-state index contributed by atoms with van der Waals surface area (Å²) in [6, 6.07) is 3.15. The molecule has 0 bridgehead atoms. The number of carboxylic acids is 1. The van der Waals surface area contributed by atoms with E-state index in [-0.39, 0.29) is 17.7 Å². The van der Waals surface area contributed by atoms with E-state index in [1.807, 2.05) is 19.9 Å². The zero-order valence-electron chi connectivity index (χ0n) is 19.1. The standard InChI is InChI=1S/C24H28FNO7/c1-24(2)12-32-11-16-13-8-18(33-7-5-6-30-3)17(31-4)9-14(13)20-19(25)21(27)15(23(28)29)10-26(20)22(16)24/h8-10,16,22H,5-7,11-12H2,1-4H3,(H,28,29). The van der Waals surface area contributed by atoms with Gasteiger partial charge in [-0.25, -0.2) is 9.18 Å². The quantitative estimate of drug-likeness (QED) is 0.631. The molecule has 2 aromatic rings. The minimum atomic E-state index is -1.46. The van der Waals surface area contributed by atoms with E-state index >= 15 is 4.39 Å². The Morgan fingerprint density at radius 3 is 2.70 bits per heavy atom. The van der Waals surface area contributed by atoms with Crippen molar-refractivity contribution in [3.05, 3.63) is 45.5 Å². The highest BCUT2D eigenvalue weighted by molar-refractivity contribution is 5.88. The SMILES string of the molecule is COCCCOc1cc2c(cc1OC)-c1c(F)c(=O)c(C(=O)O)cn1C1C2COCC1(C)C. The van der Waals surface area contributed by atoms with Crippen molar-refractivity contribution in [2.45, 2.75) is 32.2 Å². The van der Waals surface area contributed by atoms with Gasteiger partial charge in [-0.15, -0.1) is 0 Å². The van der Waals surface area contributed by atoms with Gasteiger partial charge in [0.25, 0.3) is 0 Å². The highest BCUT2D eigenvalue weighted by atomic mass is 19.1. The van der Waals surface area contributed by atoms with Crippen LogP contribution in [0.4, 0.5) is 4.39 Å². The molecule has 33 heavy (non-hydrogen) atoms. The molecule has 2 aliphatic heterocycles. The Morgan fingerprint density at radius 1 is 1.27 bits per heavy atom. The second-order valence-electron chi connectivity index (χ2n) is 9.09. The molecular weight excluding hydrogens is 433 g/mol. The third-order valence-corrected chi connectivity index (χ3v) is 6.40. The number of hydrogen-bond acceptors (Lipinski definition) is 6. The molecule has 1 aromatic carbocycles. The van der Waals surface area contributed by atoms with Crippen molar-refractivity contribution in [1.29, 1.82) is 0 Å². The Kier molecular flexibility index (Phi) is 6.20. The van der Waals surface area contributed by atoms with Crippen LogP contribution in [0.2, 0.25) is 0 Å². The van der Waals surface area contributed by atoms with Gasteiger partial charge in [-0.05, 0) is 17.7 Å². The van der Waals surface area contributed by atoms with E-state index < -0.39 is 28.2 Å². The molecule has 0 amide bonds. The van der Waals surface area contributed by atoms with Gasteiger partial charge in [0.15, 0.2) is 17.3 Å². The van der Waals surface area contributed by atoms with Crippen molar-refractivity contribution in [1.82, 2.24) is 4.57 Å². The number of nitrogens with zero attached hydrogens (tertiary/aromatic N) is 1. The highest BCUT2D eigenvalue weighted by Crippen LogP contribution is 2.54. The first-order valence-electron chi connectivity index (χ1n) is 10.8. The van der Waals surface area contributed by atoms with E-state index in [1.54, 1.807) is 17.7 Å².